The zero-order valence-corrected chi connectivity index (χ0v) is 14.7. The van der Waals surface area contributed by atoms with Gasteiger partial charge in [0.15, 0.2) is 6.61 Å². The highest BCUT2D eigenvalue weighted by molar-refractivity contribution is 7.13. The van der Waals surface area contributed by atoms with E-state index in [1.807, 2.05) is 23.3 Å². The molecule has 1 amide bonds. The third-order valence-corrected chi connectivity index (χ3v) is 5.89. The summed E-state index contributed by atoms with van der Waals surface area (Å²) in [6, 6.07) is 4.17. The molecular formula is C16H18N2O3S2. The molecule has 122 valence electrons. The number of aromatic nitrogens is 1. The summed E-state index contributed by atoms with van der Waals surface area (Å²) in [7, 11) is 0. The lowest BCUT2D eigenvalue weighted by Gasteiger charge is -2.23. The van der Waals surface area contributed by atoms with Crippen LogP contribution in [0, 0.1) is 13.8 Å². The molecule has 2 aromatic rings. The Morgan fingerprint density at radius 2 is 2.26 bits per heavy atom. The van der Waals surface area contributed by atoms with Crippen molar-refractivity contribution in [3.05, 3.63) is 38.0 Å². The maximum Gasteiger partial charge on any atom is 0.350 e. The lowest BCUT2D eigenvalue weighted by Crippen LogP contribution is -2.34. The van der Waals surface area contributed by atoms with Gasteiger partial charge in [0.05, 0.1) is 16.7 Å². The number of carbonyl (C=O) groups is 2. The Morgan fingerprint density at radius 3 is 2.91 bits per heavy atom. The number of esters is 1. The van der Waals surface area contributed by atoms with Gasteiger partial charge in [0.1, 0.15) is 4.88 Å². The topological polar surface area (TPSA) is 59.5 Å². The van der Waals surface area contributed by atoms with Crippen LogP contribution >= 0.6 is 22.7 Å². The van der Waals surface area contributed by atoms with E-state index in [4.69, 9.17) is 4.74 Å². The van der Waals surface area contributed by atoms with Crippen molar-refractivity contribution >= 4 is 34.6 Å². The predicted molar refractivity (Wildman–Crippen MR) is 89.9 cm³/mol. The average Bonchev–Trinajstić information content (AvgIpc) is 3.23. The first-order valence-corrected chi connectivity index (χ1v) is 9.20. The lowest BCUT2D eigenvalue weighted by atomic mass is 10.2. The van der Waals surface area contributed by atoms with E-state index >= 15 is 0 Å². The van der Waals surface area contributed by atoms with Crippen LogP contribution in [0.2, 0.25) is 0 Å². The quantitative estimate of drug-likeness (QED) is 0.794. The van der Waals surface area contributed by atoms with Crippen molar-refractivity contribution in [3.8, 4) is 0 Å². The summed E-state index contributed by atoms with van der Waals surface area (Å²) in [5.41, 5.74) is 0.655. The molecule has 0 unspecified atom stereocenters. The van der Waals surface area contributed by atoms with E-state index in [1.165, 1.54) is 16.2 Å². The molecule has 3 rings (SSSR count). The van der Waals surface area contributed by atoms with Crippen LogP contribution in [0.1, 0.15) is 44.1 Å². The third-order valence-electron chi connectivity index (χ3n) is 3.86. The number of aryl methyl sites for hydroxylation is 2. The Hall–Kier alpha value is -1.73. The maximum absolute atomic E-state index is 12.4. The molecule has 5 nitrogen and oxygen atoms in total. The first kappa shape index (κ1) is 16.1. The smallest absolute Gasteiger partial charge is 0.350 e. The molecule has 1 aliphatic heterocycles. The summed E-state index contributed by atoms with van der Waals surface area (Å²) in [4.78, 5) is 32.2. The molecule has 2 aromatic heterocycles. The van der Waals surface area contributed by atoms with E-state index in [0.29, 0.717) is 10.6 Å². The number of ether oxygens (including phenoxy) is 1. The van der Waals surface area contributed by atoms with Gasteiger partial charge in [0.2, 0.25) is 0 Å². The molecule has 0 aromatic carbocycles. The second-order valence-electron chi connectivity index (χ2n) is 5.48. The van der Waals surface area contributed by atoms with Gasteiger partial charge in [-0.05, 0) is 38.1 Å². The second kappa shape index (κ2) is 6.80. The summed E-state index contributed by atoms with van der Waals surface area (Å²) in [6.45, 7) is 4.12. The predicted octanol–water partition coefficient (Wildman–Crippen LogP) is 3.34. The molecular weight excluding hydrogens is 332 g/mol. The van der Waals surface area contributed by atoms with Crippen LogP contribution in [0.3, 0.4) is 0 Å². The van der Waals surface area contributed by atoms with Gasteiger partial charge < -0.3 is 9.64 Å². The Labute approximate surface area is 142 Å². The molecule has 0 aliphatic carbocycles. The molecule has 1 fully saturated rings. The summed E-state index contributed by atoms with van der Waals surface area (Å²) in [5.74, 6) is -0.596. The van der Waals surface area contributed by atoms with E-state index in [-0.39, 0.29) is 18.6 Å². The minimum atomic E-state index is -0.465. The van der Waals surface area contributed by atoms with E-state index in [9.17, 15) is 9.59 Å². The SMILES string of the molecule is Cc1nc(C)c(C(=O)OCC(=O)N2CCC[C@H]2c2cccs2)s1. The van der Waals surface area contributed by atoms with Gasteiger partial charge in [0.25, 0.3) is 5.91 Å². The molecule has 1 aliphatic rings. The number of thiazole rings is 1. The number of nitrogens with zero attached hydrogens (tertiary/aromatic N) is 2. The number of thiophene rings is 1. The molecule has 7 heteroatoms. The van der Waals surface area contributed by atoms with E-state index < -0.39 is 5.97 Å². The number of carbonyl (C=O) groups excluding carboxylic acids is 2. The number of rotatable bonds is 4. The number of hydrogen-bond acceptors (Lipinski definition) is 6. The van der Waals surface area contributed by atoms with Gasteiger partial charge in [-0.15, -0.1) is 22.7 Å². The van der Waals surface area contributed by atoms with E-state index in [1.54, 1.807) is 18.3 Å². The van der Waals surface area contributed by atoms with Crippen LogP contribution < -0.4 is 0 Å². The van der Waals surface area contributed by atoms with E-state index in [0.717, 1.165) is 24.4 Å². The Morgan fingerprint density at radius 1 is 1.43 bits per heavy atom. The fraction of sp³-hybridized carbons (Fsp3) is 0.438. The molecule has 0 N–H and O–H groups in total. The maximum atomic E-state index is 12.4. The van der Waals surface area contributed by atoms with Crippen molar-refractivity contribution in [2.24, 2.45) is 0 Å². The molecule has 0 saturated carbocycles. The van der Waals surface area contributed by atoms with Crippen LogP contribution in [0.25, 0.3) is 0 Å². The first-order chi connectivity index (χ1) is 11.1. The normalized spacial score (nSPS) is 17.5. The Kier molecular flexibility index (Phi) is 4.77. The fourth-order valence-electron chi connectivity index (χ4n) is 2.84. The minimum absolute atomic E-state index is 0.119. The molecule has 0 radical (unpaired) electrons. The number of likely N-dealkylation sites (tertiary alicyclic amines) is 1. The van der Waals surface area contributed by atoms with Gasteiger partial charge in [-0.2, -0.15) is 0 Å². The van der Waals surface area contributed by atoms with Crippen molar-refractivity contribution in [3.63, 3.8) is 0 Å². The molecule has 0 spiro atoms. The van der Waals surface area contributed by atoms with Gasteiger partial charge in [-0.1, -0.05) is 6.07 Å². The van der Waals surface area contributed by atoms with Gasteiger partial charge in [-0.25, -0.2) is 9.78 Å². The number of amides is 1. The molecule has 1 atom stereocenters. The van der Waals surface area contributed by atoms with E-state index in [2.05, 4.69) is 11.1 Å². The molecule has 1 saturated heterocycles. The van der Waals surface area contributed by atoms with Crippen LogP contribution in [-0.4, -0.2) is 34.9 Å². The summed E-state index contributed by atoms with van der Waals surface area (Å²) < 4.78 is 5.21. The second-order valence-corrected chi connectivity index (χ2v) is 7.67. The number of hydrogen-bond donors (Lipinski definition) is 0. The highest BCUT2D eigenvalue weighted by atomic mass is 32.1. The zero-order valence-electron chi connectivity index (χ0n) is 13.1. The Balaban J connectivity index is 1.61. The summed E-state index contributed by atoms with van der Waals surface area (Å²) in [5, 5.41) is 2.84. The molecule has 23 heavy (non-hydrogen) atoms. The highest BCUT2D eigenvalue weighted by Gasteiger charge is 2.31. The van der Waals surface area contributed by atoms with Gasteiger partial charge >= 0.3 is 5.97 Å². The van der Waals surface area contributed by atoms with Crippen molar-refractivity contribution in [2.75, 3.05) is 13.2 Å². The van der Waals surface area contributed by atoms with Crippen molar-refractivity contribution in [1.29, 1.82) is 0 Å². The fourth-order valence-corrected chi connectivity index (χ4v) is 4.53. The van der Waals surface area contributed by atoms with Crippen LogP contribution in [-0.2, 0) is 9.53 Å². The standard InChI is InChI=1S/C16H18N2O3S2/c1-10-15(23-11(2)17-10)16(20)21-9-14(19)18-7-3-5-12(18)13-6-4-8-22-13/h4,6,8,12H,3,5,7,9H2,1-2H3/t12-/m0/s1. The van der Waals surface area contributed by atoms with Gasteiger partial charge in [-0.3, -0.25) is 4.79 Å². The average molecular weight is 350 g/mol. The van der Waals surface area contributed by atoms with Crippen molar-refractivity contribution in [2.45, 2.75) is 32.7 Å². The third kappa shape index (κ3) is 3.45. The first-order valence-electron chi connectivity index (χ1n) is 7.50. The van der Waals surface area contributed by atoms with Crippen LogP contribution in [0.4, 0.5) is 0 Å². The lowest BCUT2D eigenvalue weighted by molar-refractivity contribution is -0.135. The van der Waals surface area contributed by atoms with Gasteiger partial charge in [0, 0.05) is 11.4 Å². The summed E-state index contributed by atoms with van der Waals surface area (Å²) in [6.07, 6.45) is 1.95. The zero-order chi connectivity index (χ0) is 16.4. The van der Waals surface area contributed by atoms with Crippen molar-refractivity contribution < 1.29 is 14.3 Å². The van der Waals surface area contributed by atoms with Crippen molar-refractivity contribution in [1.82, 2.24) is 9.88 Å². The molecule has 0 bridgehead atoms. The summed E-state index contributed by atoms with van der Waals surface area (Å²) >= 11 is 2.96. The van der Waals surface area contributed by atoms with Crippen LogP contribution in [0.15, 0.2) is 17.5 Å². The largest absolute Gasteiger partial charge is 0.451 e. The minimum Gasteiger partial charge on any atom is -0.451 e. The monoisotopic (exact) mass is 350 g/mol. The highest BCUT2D eigenvalue weighted by Crippen LogP contribution is 2.34. The van der Waals surface area contributed by atoms with Crippen LogP contribution in [0.5, 0.6) is 0 Å². The Bertz CT molecular complexity index is 709. The molecule has 3 heterocycles.